The Morgan fingerprint density at radius 2 is 2.27 bits per heavy atom. The van der Waals surface area contributed by atoms with Crippen molar-refractivity contribution in [2.75, 3.05) is 0 Å². The maximum atomic E-state index is 5.88. The Bertz CT molecular complexity index is 481. The molecule has 0 spiro atoms. The lowest BCUT2D eigenvalue weighted by molar-refractivity contribution is 0.916. The van der Waals surface area contributed by atoms with Crippen LogP contribution in [0.1, 0.15) is 11.4 Å². The lowest BCUT2D eigenvalue weighted by atomic mass is 10.3. The molecule has 0 bridgehead atoms. The van der Waals surface area contributed by atoms with Gasteiger partial charge < -0.3 is 0 Å². The topological polar surface area (TPSA) is 30.7 Å². The molecule has 0 aromatic carbocycles. The quantitative estimate of drug-likeness (QED) is 0.794. The highest BCUT2D eigenvalue weighted by Gasteiger charge is 2.08. The number of hydrogen-bond acceptors (Lipinski definition) is 2. The van der Waals surface area contributed by atoms with Gasteiger partial charge in [-0.15, -0.1) is 11.6 Å². The second-order valence-corrected chi connectivity index (χ2v) is 4.30. The summed E-state index contributed by atoms with van der Waals surface area (Å²) in [6.45, 7) is 1.93. The average Bonchev–Trinajstić information content (AvgIpc) is 2.64. The van der Waals surface area contributed by atoms with E-state index in [2.05, 4.69) is 25.9 Å². The molecule has 0 amide bonds. The number of nitrogens with zero attached hydrogens (tertiary/aromatic N) is 3. The van der Waals surface area contributed by atoms with Crippen molar-refractivity contribution in [3.63, 3.8) is 0 Å². The number of pyridine rings is 1. The molecule has 0 saturated carbocycles. The smallest absolute Gasteiger partial charge is 0.142 e. The summed E-state index contributed by atoms with van der Waals surface area (Å²) in [7, 11) is 0. The van der Waals surface area contributed by atoms with Crippen molar-refractivity contribution in [3.05, 3.63) is 40.5 Å². The van der Waals surface area contributed by atoms with Gasteiger partial charge in [0.1, 0.15) is 11.6 Å². The molecular weight excluding hydrogens is 277 g/mol. The third kappa shape index (κ3) is 2.06. The summed E-state index contributed by atoms with van der Waals surface area (Å²) in [6, 6.07) is 1.97. The molecule has 5 heteroatoms. The van der Waals surface area contributed by atoms with E-state index in [0.29, 0.717) is 5.88 Å². The van der Waals surface area contributed by atoms with E-state index in [-0.39, 0.29) is 0 Å². The van der Waals surface area contributed by atoms with Crippen LogP contribution in [0.25, 0.3) is 5.82 Å². The summed E-state index contributed by atoms with van der Waals surface area (Å²) < 4.78 is 2.85. The van der Waals surface area contributed by atoms with Gasteiger partial charge in [0.05, 0.1) is 5.88 Å². The van der Waals surface area contributed by atoms with Crippen LogP contribution in [-0.2, 0) is 5.88 Å². The molecule has 0 aliphatic carbocycles. The van der Waals surface area contributed by atoms with Gasteiger partial charge in [0.15, 0.2) is 0 Å². The van der Waals surface area contributed by atoms with Gasteiger partial charge in [0, 0.05) is 28.6 Å². The Kier molecular flexibility index (Phi) is 3.07. The first-order valence-corrected chi connectivity index (χ1v) is 5.76. The van der Waals surface area contributed by atoms with Crippen LogP contribution in [0.4, 0.5) is 0 Å². The van der Waals surface area contributed by atoms with Gasteiger partial charge in [-0.2, -0.15) is 0 Å². The van der Waals surface area contributed by atoms with Gasteiger partial charge in [0.25, 0.3) is 0 Å². The summed E-state index contributed by atoms with van der Waals surface area (Å²) in [5, 5.41) is 0. The van der Waals surface area contributed by atoms with Gasteiger partial charge in [-0.05, 0) is 28.9 Å². The van der Waals surface area contributed by atoms with Gasteiger partial charge >= 0.3 is 0 Å². The second kappa shape index (κ2) is 4.33. The SMILES string of the molecule is Cc1nccn1-c1ncc(Br)cc1CCl. The third-order valence-corrected chi connectivity index (χ3v) is 2.83. The van der Waals surface area contributed by atoms with E-state index in [1.807, 2.05) is 23.8 Å². The summed E-state index contributed by atoms with van der Waals surface area (Å²) >= 11 is 9.25. The van der Waals surface area contributed by atoms with Crippen LogP contribution in [-0.4, -0.2) is 14.5 Å². The Morgan fingerprint density at radius 1 is 1.47 bits per heavy atom. The van der Waals surface area contributed by atoms with Crippen LogP contribution in [0.2, 0.25) is 0 Å². The number of halogens is 2. The number of alkyl halides is 1. The molecular formula is C10H9BrClN3. The lowest BCUT2D eigenvalue weighted by Gasteiger charge is -2.08. The van der Waals surface area contributed by atoms with Gasteiger partial charge in [-0.3, -0.25) is 4.57 Å². The molecule has 15 heavy (non-hydrogen) atoms. The maximum Gasteiger partial charge on any atom is 0.142 e. The largest absolute Gasteiger partial charge is 0.288 e. The number of aromatic nitrogens is 3. The van der Waals surface area contributed by atoms with Crippen LogP contribution in [0.15, 0.2) is 29.1 Å². The van der Waals surface area contributed by atoms with Crippen LogP contribution in [0.5, 0.6) is 0 Å². The van der Waals surface area contributed by atoms with Crippen LogP contribution >= 0.6 is 27.5 Å². The normalized spacial score (nSPS) is 10.6. The summed E-state index contributed by atoms with van der Waals surface area (Å²) in [6.07, 6.45) is 5.38. The van der Waals surface area contributed by atoms with Crippen molar-refractivity contribution in [3.8, 4) is 5.82 Å². The van der Waals surface area contributed by atoms with E-state index in [1.54, 1.807) is 12.4 Å². The lowest BCUT2D eigenvalue weighted by Crippen LogP contribution is -2.02. The maximum absolute atomic E-state index is 5.88. The molecule has 0 fully saturated rings. The van der Waals surface area contributed by atoms with E-state index >= 15 is 0 Å². The Morgan fingerprint density at radius 3 is 2.87 bits per heavy atom. The Labute approximate surface area is 101 Å². The fraction of sp³-hybridized carbons (Fsp3) is 0.200. The number of aryl methyl sites for hydroxylation is 1. The molecule has 2 heterocycles. The molecule has 2 aromatic heterocycles. The molecule has 0 aliphatic rings. The van der Waals surface area contributed by atoms with Crippen molar-refractivity contribution in [1.82, 2.24) is 14.5 Å². The predicted molar refractivity (Wildman–Crippen MR) is 63.4 cm³/mol. The molecule has 0 atom stereocenters. The van der Waals surface area contributed by atoms with Crippen LogP contribution in [0, 0.1) is 6.92 Å². The molecule has 78 valence electrons. The van der Waals surface area contributed by atoms with Crippen LogP contribution in [0.3, 0.4) is 0 Å². The summed E-state index contributed by atoms with van der Waals surface area (Å²) in [5.41, 5.74) is 0.979. The van der Waals surface area contributed by atoms with E-state index in [9.17, 15) is 0 Å². The fourth-order valence-corrected chi connectivity index (χ4v) is 1.97. The van der Waals surface area contributed by atoms with Crippen molar-refractivity contribution in [1.29, 1.82) is 0 Å². The van der Waals surface area contributed by atoms with Crippen molar-refractivity contribution >= 4 is 27.5 Å². The first-order chi connectivity index (χ1) is 7.22. The number of hydrogen-bond donors (Lipinski definition) is 0. The zero-order valence-electron chi connectivity index (χ0n) is 8.11. The van der Waals surface area contributed by atoms with E-state index < -0.39 is 0 Å². The molecule has 0 unspecified atom stereocenters. The highest BCUT2D eigenvalue weighted by atomic mass is 79.9. The zero-order valence-corrected chi connectivity index (χ0v) is 10.5. The number of rotatable bonds is 2. The Hall–Kier alpha value is -0.870. The minimum atomic E-state index is 0.430. The third-order valence-electron chi connectivity index (χ3n) is 2.11. The minimum Gasteiger partial charge on any atom is -0.288 e. The molecule has 0 N–H and O–H groups in total. The molecule has 0 aliphatic heterocycles. The van der Waals surface area contributed by atoms with Gasteiger partial charge in [-0.25, -0.2) is 9.97 Å². The second-order valence-electron chi connectivity index (χ2n) is 3.11. The van der Waals surface area contributed by atoms with Gasteiger partial charge in [0.2, 0.25) is 0 Å². The molecule has 3 nitrogen and oxygen atoms in total. The fourth-order valence-electron chi connectivity index (χ4n) is 1.39. The van der Waals surface area contributed by atoms with E-state index in [1.165, 1.54) is 0 Å². The first kappa shape index (κ1) is 10.6. The number of imidazole rings is 1. The van der Waals surface area contributed by atoms with Gasteiger partial charge in [-0.1, -0.05) is 0 Å². The minimum absolute atomic E-state index is 0.430. The molecule has 0 radical (unpaired) electrons. The van der Waals surface area contributed by atoms with Crippen LogP contribution < -0.4 is 0 Å². The first-order valence-electron chi connectivity index (χ1n) is 4.43. The summed E-state index contributed by atoms with van der Waals surface area (Å²) in [5.74, 6) is 2.17. The Balaban J connectivity index is 2.58. The highest BCUT2D eigenvalue weighted by molar-refractivity contribution is 9.10. The highest BCUT2D eigenvalue weighted by Crippen LogP contribution is 2.19. The molecule has 2 rings (SSSR count). The zero-order chi connectivity index (χ0) is 10.8. The van der Waals surface area contributed by atoms with E-state index in [0.717, 1.165) is 21.7 Å². The van der Waals surface area contributed by atoms with Crippen molar-refractivity contribution in [2.24, 2.45) is 0 Å². The standard InChI is InChI=1S/C10H9BrClN3/c1-7-13-2-3-15(7)10-8(5-12)4-9(11)6-14-10/h2-4,6H,5H2,1H3. The van der Waals surface area contributed by atoms with Crippen molar-refractivity contribution < 1.29 is 0 Å². The van der Waals surface area contributed by atoms with Crippen molar-refractivity contribution in [2.45, 2.75) is 12.8 Å². The predicted octanol–water partition coefficient (Wildman–Crippen LogP) is 3.08. The van der Waals surface area contributed by atoms with E-state index in [4.69, 9.17) is 11.6 Å². The summed E-state index contributed by atoms with van der Waals surface area (Å²) in [4.78, 5) is 8.50. The molecule has 0 saturated heterocycles. The molecule has 2 aromatic rings. The average molecular weight is 287 g/mol. The monoisotopic (exact) mass is 285 g/mol.